The Morgan fingerprint density at radius 3 is 2.52 bits per heavy atom. The van der Waals surface area contributed by atoms with Gasteiger partial charge in [0.05, 0.1) is 24.5 Å². The summed E-state index contributed by atoms with van der Waals surface area (Å²) in [6.45, 7) is 2.19. The van der Waals surface area contributed by atoms with Crippen LogP contribution in [0.4, 0.5) is 10.1 Å². The zero-order valence-corrected chi connectivity index (χ0v) is 14.7. The number of carbonyl (C=O) groups excluding carboxylic acids is 2. The summed E-state index contributed by atoms with van der Waals surface area (Å²) >= 11 is 0. The maximum atomic E-state index is 13.3. The van der Waals surface area contributed by atoms with Crippen molar-refractivity contribution >= 4 is 17.9 Å². The summed E-state index contributed by atoms with van der Waals surface area (Å²) in [5.41, 5.74) is 3.04. The maximum absolute atomic E-state index is 13.3. The number of aldehydes is 1. The van der Waals surface area contributed by atoms with Crippen LogP contribution in [-0.4, -0.2) is 35.2 Å². The topological polar surface area (TPSA) is 73.2 Å². The fourth-order valence-corrected chi connectivity index (χ4v) is 2.59. The zero-order chi connectivity index (χ0) is 19.2. The van der Waals surface area contributed by atoms with Crippen molar-refractivity contribution in [3.63, 3.8) is 0 Å². The number of rotatable bonds is 7. The molecule has 0 spiro atoms. The molecule has 7 heteroatoms. The number of halogens is 1. The Balaban J connectivity index is 2.02. The molecule has 6 nitrogen and oxygen atoms in total. The lowest BCUT2D eigenvalue weighted by molar-refractivity contribution is -0.106. The van der Waals surface area contributed by atoms with Gasteiger partial charge >= 0.3 is 5.97 Å². The molecule has 0 saturated carbocycles. The molecule has 0 fully saturated rings. The van der Waals surface area contributed by atoms with E-state index in [2.05, 4.69) is 10.4 Å². The number of ether oxygens (including phenoxy) is 1. The van der Waals surface area contributed by atoms with Crippen molar-refractivity contribution in [2.75, 3.05) is 18.5 Å². The highest BCUT2D eigenvalue weighted by Crippen LogP contribution is 2.26. The molecule has 27 heavy (non-hydrogen) atoms. The van der Waals surface area contributed by atoms with Gasteiger partial charge in [-0.05, 0) is 49.4 Å². The van der Waals surface area contributed by atoms with Gasteiger partial charge in [0.25, 0.3) is 0 Å². The molecule has 0 aliphatic carbocycles. The number of benzene rings is 2. The van der Waals surface area contributed by atoms with Gasteiger partial charge in [-0.2, -0.15) is 5.10 Å². The van der Waals surface area contributed by atoms with Crippen LogP contribution in [0.1, 0.15) is 17.4 Å². The molecule has 0 radical (unpaired) electrons. The molecule has 3 aromatic rings. The lowest BCUT2D eigenvalue weighted by Crippen LogP contribution is -2.06. The molecule has 0 bridgehead atoms. The van der Waals surface area contributed by atoms with Crippen LogP contribution in [-0.2, 0) is 9.53 Å². The molecule has 3 rings (SSSR count). The number of nitrogens with one attached hydrogen (secondary N) is 1. The third-order valence-corrected chi connectivity index (χ3v) is 3.84. The third-order valence-electron chi connectivity index (χ3n) is 3.84. The second-order valence-electron chi connectivity index (χ2n) is 5.65. The number of aromatic nitrogens is 2. The van der Waals surface area contributed by atoms with Gasteiger partial charge in [0.2, 0.25) is 0 Å². The van der Waals surface area contributed by atoms with E-state index in [4.69, 9.17) is 4.74 Å². The van der Waals surface area contributed by atoms with Gasteiger partial charge in [0.1, 0.15) is 12.1 Å². The van der Waals surface area contributed by atoms with E-state index >= 15 is 0 Å². The van der Waals surface area contributed by atoms with Crippen LogP contribution in [0.2, 0.25) is 0 Å². The van der Waals surface area contributed by atoms with Gasteiger partial charge in [0.15, 0.2) is 5.69 Å². The smallest absolute Gasteiger partial charge is 0.358 e. The van der Waals surface area contributed by atoms with E-state index in [0.29, 0.717) is 11.4 Å². The first-order chi connectivity index (χ1) is 13.1. The first-order valence-corrected chi connectivity index (χ1v) is 8.43. The summed E-state index contributed by atoms with van der Waals surface area (Å²) in [6, 6.07) is 14.8. The van der Waals surface area contributed by atoms with Crippen LogP contribution in [0.15, 0.2) is 54.6 Å². The van der Waals surface area contributed by atoms with Gasteiger partial charge in [-0.15, -0.1) is 0 Å². The van der Waals surface area contributed by atoms with E-state index < -0.39 is 5.97 Å². The van der Waals surface area contributed by atoms with Gasteiger partial charge in [-0.1, -0.05) is 12.1 Å². The summed E-state index contributed by atoms with van der Waals surface area (Å²) in [6.07, 6.45) is 0.781. The Morgan fingerprint density at radius 2 is 1.89 bits per heavy atom. The third kappa shape index (κ3) is 4.20. The lowest BCUT2D eigenvalue weighted by atomic mass is 10.1. The molecule has 0 atom stereocenters. The minimum atomic E-state index is -0.524. The molecular weight excluding hydrogens is 349 g/mol. The maximum Gasteiger partial charge on any atom is 0.358 e. The minimum absolute atomic E-state index is 0.166. The number of hydrogen-bond acceptors (Lipinski definition) is 5. The quantitative estimate of drug-likeness (QED) is 0.511. The van der Waals surface area contributed by atoms with Crippen LogP contribution in [0.5, 0.6) is 0 Å². The minimum Gasteiger partial charge on any atom is -0.461 e. The number of esters is 1. The Labute approximate surface area is 155 Å². The molecule has 1 aromatic heterocycles. The molecule has 1 N–H and O–H groups in total. The summed E-state index contributed by atoms with van der Waals surface area (Å²) in [7, 11) is 0. The summed E-state index contributed by atoms with van der Waals surface area (Å²) in [5, 5.41) is 7.29. The van der Waals surface area contributed by atoms with Crippen molar-refractivity contribution in [2.45, 2.75) is 6.92 Å². The molecule has 0 unspecified atom stereocenters. The monoisotopic (exact) mass is 367 g/mol. The Morgan fingerprint density at radius 1 is 1.19 bits per heavy atom. The largest absolute Gasteiger partial charge is 0.461 e. The first kappa shape index (κ1) is 18.3. The van der Waals surface area contributed by atoms with Crippen molar-refractivity contribution < 1.29 is 18.7 Å². The van der Waals surface area contributed by atoms with E-state index in [0.717, 1.165) is 17.5 Å². The number of hydrogen-bond donors (Lipinski definition) is 1. The predicted molar refractivity (Wildman–Crippen MR) is 99.5 cm³/mol. The highest BCUT2D eigenvalue weighted by molar-refractivity contribution is 5.89. The molecule has 0 aliphatic rings. The highest BCUT2D eigenvalue weighted by Gasteiger charge is 2.17. The first-order valence-electron chi connectivity index (χ1n) is 8.43. The van der Waals surface area contributed by atoms with Gasteiger partial charge in [-0.3, -0.25) is 0 Å². The van der Waals surface area contributed by atoms with Gasteiger partial charge in [-0.25, -0.2) is 13.9 Å². The van der Waals surface area contributed by atoms with E-state index in [1.54, 1.807) is 29.8 Å². The Bertz CT molecular complexity index is 934. The van der Waals surface area contributed by atoms with Crippen LogP contribution >= 0.6 is 0 Å². The normalized spacial score (nSPS) is 10.4. The van der Waals surface area contributed by atoms with E-state index in [9.17, 15) is 14.0 Å². The van der Waals surface area contributed by atoms with Crippen LogP contribution in [0.3, 0.4) is 0 Å². The van der Waals surface area contributed by atoms with E-state index in [-0.39, 0.29) is 24.7 Å². The second-order valence-corrected chi connectivity index (χ2v) is 5.65. The molecular formula is C20H18FN3O3. The predicted octanol–water partition coefficient (Wildman–Crippen LogP) is 3.47. The molecule has 0 aliphatic heterocycles. The fraction of sp³-hybridized carbons (Fsp3) is 0.150. The van der Waals surface area contributed by atoms with Crippen molar-refractivity contribution in [1.82, 2.24) is 9.78 Å². The standard InChI is InChI=1S/C20H18FN3O3/c1-2-27-20(26)18-13-19(14-3-7-16(8-4-14)22-11-12-25)24(23-18)17-9-5-15(21)6-10-17/h3-10,12-13,22H,2,11H2,1H3. The highest BCUT2D eigenvalue weighted by atomic mass is 19.1. The fourth-order valence-electron chi connectivity index (χ4n) is 2.59. The summed E-state index contributed by atoms with van der Waals surface area (Å²) in [5.74, 6) is -0.882. The van der Waals surface area contributed by atoms with Crippen molar-refractivity contribution in [3.05, 3.63) is 66.1 Å². The van der Waals surface area contributed by atoms with Crippen LogP contribution in [0, 0.1) is 5.82 Å². The number of anilines is 1. The van der Waals surface area contributed by atoms with E-state index in [1.165, 1.54) is 12.1 Å². The summed E-state index contributed by atoms with van der Waals surface area (Å²) < 4.78 is 19.9. The van der Waals surface area contributed by atoms with Crippen LogP contribution < -0.4 is 5.32 Å². The Kier molecular flexibility index (Phi) is 5.61. The van der Waals surface area contributed by atoms with Crippen molar-refractivity contribution in [1.29, 1.82) is 0 Å². The molecule has 2 aromatic carbocycles. The molecule has 138 valence electrons. The van der Waals surface area contributed by atoms with Crippen molar-refractivity contribution in [3.8, 4) is 16.9 Å². The van der Waals surface area contributed by atoms with Gasteiger partial charge in [0, 0.05) is 11.3 Å². The zero-order valence-electron chi connectivity index (χ0n) is 14.7. The number of carbonyl (C=O) groups is 2. The number of nitrogens with zero attached hydrogens (tertiary/aromatic N) is 2. The Hall–Kier alpha value is -3.48. The second kappa shape index (κ2) is 8.27. The van der Waals surface area contributed by atoms with Crippen LogP contribution in [0.25, 0.3) is 16.9 Å². The average molecular weight is 367 g/mol. The van der Waals surface area contributed by atoms with Gasteiger partial charge < -0.3 is 14.8 Å². The molecule has 0 saturated heterocycles. The average Bonchev–Trinajstić information content (AvgIpc) is 3.13. The lowest BCUT2D eigenvalue weighted by Gasteiger charge is -2.09. The molecule has 0 amide bonds. The van der Waals surface area contributed by atoms with Crippen molar-refractivity contribution in [2.24, 2.45) is 0 Å². The SMILES string of the molecule is CCOC(=O)c1cc(-c2ccc(NCC=O)cc2)n(-c2ccc(F)cc2)n1. The van der Waals surface area contributed by atoms with E-state index in [1.807, 2.05) is 24.3 Å². The molecule has 1 heterocycles. The summed E-state index contributed by atoms with van der Waals surface area (Å²) in [4.78, 5) is 22.6.